The number of piperidine rings is 1. The van der Waals surface area contributed by atoms with Gasteiger partial charge in [-0.25, -0.2) is 0 Å². The van der Waals surface area contributed by atoms with E-state index < -0.39 is 0 Å². The number of rotatable bonds is 8. The molecule has 1 saturated heterocycles. The zero-order valence-electron chi connectivity index (χ0n) is 15.6. The van der Waals surface area contributed by atoms with Crippen molar-refractivity contribution in [1.29, 1.82) is 0 Å². The Morgan fingerprint density at radius 1 is 1.46 bits per heavy atom. The van der Waals surface area contributed by atoms with E-state index >= 15 is 0 Å². The maximum absolute atomic E-state index is 11.1. The molecule has 24 heavy (non-hydrogen) atoms. The largest absolute Gasteiger partial charge is 0.378 e. The number of amides is 1. The highest BCUT2D eigenvalue weighted by atomic mass is 127. The van der Waals surface area contributed by atoms with Gasteiger partial charge in [0.1, 0.15) is 0 Å². The molecule has 2 unspecified atom stereocenters. The average Bonchev–Trinajstić information content (AvgIpc) is 2.50. The maximum atomic E-state index is 11.1. The molecule has 0 radical (unpaired) electrons. The summed E-state index contributed by atoms with van der Waals surface area (Å²) < 4.78 is 5.78. The summed E-state index contributed by atoms with van der Waals surface area (Å²) in [6.07, 6.45) is 3.84. The Kier molecular flexibility index (Phi) is 12.4. The molecule has 7 heteroatoms. The third-order valence-electron chi connectivity index (χ3n) is 4.36. The zero-order chi connectivity index (χ0) is 17.2. The van der Waals surface area contributed by atoms with E-state index in [0.29, 0.717) is 18.3 Å². The predicted octanol–water partition coefficient (Wildman–Crippen LogP) is 2.22. The number of hydrogen-bond donors (Lipinski definition) is 2. The second-order valence-electron chi connectivity index (χ2n) is 6.63. The van der Waals surface area contributed by atoms with Crippen LogP contribution in [0.3, 0.4) is 0 Å². The lowest BCUT2D eigenvalue weighted by Gasteiger charge is -2.35. The van der Waals surface area contributed by atoms with Gasteiger partial charge in [0.15, 0.2) is 5.96 Å². The van der Waals surface area contributed by atoms with Crippen molar-refractivity contribution < 1.29 is 9.53 Å². The van der Waals surface area contributed by atoms with E-state index in [0.717, 1.165) is 51.5 Å². The summed E-state index contributed by atoms with van der Waals surface area (Å²) in [5.74, 6) is 1.55. The summed E-state index contributed by atoms with van der Waals surface area (Å²) in [6.45, 7) is 9.83. The number of halogens is 1. The monoisotopic (exact) mass is 454 g/mol. The van der Waals surface area contributed by atoms with Crippen molar-refractivity contribution >= 4 is 35.8 Å². The first-order valence-electron chi connectivity index (χ1n) is 8.83. The molecule has 6 nitrogen and oxygen atoms in total. The Hall–Kier alpha value is -0.570. The lowest BCUT2D eigenvalue weighted by atomic mass is 9.95. The molecule has 0 spiro atoms. The number of hydrogen-bond acceptors (Lipinski definition) is 3. The number of nitrogens with one attached hydrogen (secondary N) is 1. The summed E-state index contributed by atoms with van der Waals surface area (Å²) in [7, 11) is 1.81. The first kappa shape index (κ1) is 23.4. The first-order chi connectivity index (χ1) is 11.0. The SMILES string of the molecule is CCOC(CCNC(=NC)N1CCCC(CC(N)=O)C1)C(C)C.I. The molecule has 0 aromatic heterocycles. The number of likely N-dealkylation sites (tertiary alicyclic amines) is 1. The van der Waals surface area contributed by atoms with Crippen LogP contribution < -0.4 is 11.1 Å². The summed E-state index contributed by atoms with van der Waals surface area (Å²) >= 11 is 0. The van der Waals surface area contributed by atoms with E-state index in [1.54, 1.807) is 0 Å². The van der Waals surface area contributed by atoms with Crippen LogP contribution in [0.2, 0.25) is 0 Å². The molecule has 1 aliphatic rings. The average molecular weight is 454 g/mol. The molecule has 0 saturated carbocycles. The van der Waals surface area contributed by atoms with Gasteiger partial charge in [-0.05, 0) is 38.0 Å². The molecule has 0 aromatic rings. The van der Waals surface area contributed by atoms with Crippen LogP contribution >= 0.6 is 24.0 Å². The molecular formula is C17H35IN4O2. The third-order valence-corrected chi connectivity index (χ3v) is 4.36. The van der Waals surface area contributed by atoms with Gasteiger partial charge in [-0.2, -0.15) is 0 Å². The minimum atomic E-state index is -0.212. The van der Waals surface area contributed by atoms with Gasteiger partial charge in [0.2, 0.25) is 5.91 Å². The Bertz CT molecular complexity index is 391. The number of carbonyl (C=O) groups excluding carboxylic acids is 1. The molecule has 1 amide bonds. The molecule has 1 heterocycles. The van der Waals surface area contributed by atoms with Gasteiger partial charge in [0.05, 0.1) is 6.10 Å². The number of nitrogens with two attached hydrogens (primary N) is 1. The lowest BCUT2D eigenvalue weighted by molar-refractivity contribution is -0.119. The molecule has 0 bridgehead atoms. The summed E-state index contributed by atoms with van der Waals surface area (Å²) in [4.78, 5) is 17.8. The van der Waals surface area contributed by atoms with Crippen molar-refractivity contribution in [2.24, 2.45) is 22.6 Å². The van der Waals surface area contributed by atoms with E-state index in [2.05, 4.69) is 29.1 Å². The zero-order valence-corrected chi connectivity index (χ0v) is 17.9. The number of ether oxygens (including phenoxy) is 1. The number of primary amides is 1. The van der Waals surface area contributed by atoms with E-state index in [1.165, 1.54) is 0 Å². The van der Waals surface area contributed by atoms with E-state index in [1.807, 2.05) is 14.0 Å². The van der Waals surface area contributed by atoms with Gasteiger partial charge in [-0.15, -0.1) is 24.0 Å². The fraction of sp³-hybridized carbons (Fsp3) is 0.882. The topological polar surface area (TPSA) is 79.9 Å². The molecule has 0 aliphatic carbocycles. The van der Waals surface area contributed by atoms with Gasteiger partial charge in [0, 0.05) is 39.7 Å². The Labute approximate surface area is 164 Å². The Morgan fingerprint density at radius 3 is 2.71 bits per heavy atom. The molecule has 142 valence electrons. The highest BCUT2D eigenvalue weighted by Gasteiger charge is 2.23. The molecule has 3 N–H and O–H groups in total. The van der Waals surface area contributed by atoms with Crippen molar-refractivity contribution in [2.75, 3.05) is 33.3 Å². The standard InChI is InChI=1S/C17H34N4O2.HI/c1-5-23-15(13(2)3)8-9-20-17(19-4)21-10-6-7-14(12-21)11-16(18)22;/h13-15H,5-12H2,1-4H3,(H2,18,22)(H,19,20);1H. The van der Waals surface area contributed by atoms with Crippen molar-refractivity contribution in [3.8, 4) is 0 Å². The molecule has 0 aromatic carbocycles. The predicted molar refractivity (Wildman–Crippen MR) is 110 cm³/mol. The van der Waals surface area contributed by atoms with Gasteiger partial charge in [-0.1, -0.05) is 13.8 Å². The van der Waals surface area contributed by atoms with E-state index in [-0.39, 0.29) is 36.0 Å². The van der Waals surface area contributed by atoms with Gasteiger partial charge in [0.25, 0.3) is 0 Å². The highest BCUT2D eigenvalue weighted by Crippen LogP contribution is 2.19. The lowest BCUT2D eigenvalue weighted by Crippen LogP contribution is -2.47. The van der Waals surface area contributed by atoms with Crippen molar-refractivity contribution in [3.05, 3.63) is 0 Å². The molecule has 1 rings (SSSR count). The molecule has 1 aliphatic heterocycles. The van der Waals surface area contributed by atoms with Gasteiger partial charge in [-0.3, -0.25) is 9.79 Å². The van der Waals surface area contributed by atoms with Crippen LogP contribution in [0.5, 0.6) is 0 Å². The van der Waals surface area contributed by atoms with Crippen LogP contribution in [-0.4, -0.2) is 56.2 Å². The highest BCUT2D eigenvalue weighted by molar-refractivity contribution is 14.0. The smallest absolute Gasteiger partial charge is 0.217 e. The number of nitrogens with zero attached hydrogens (tertiary/aromatic N) is 2. The number of carbonyl (C=O) groups is 1. The minimum Gasteiger partial charge on any atom is -0.378 e. The van der Waals surface area contributed by atoms with Crippen molar-refractivity contribution in [1.82, 2.24) is 10.2 Å². The summed E-state index contributed by atoms with van der Waals surface area (Å²) in [5, 5.41) is 3.44. The van der Waals surface area contributed by atoms with Crippen LogP contribution in [0, 0.1) is 11.8 Å². The Balaban J connectivity index is 0.00000529. The summed E-state index contributed by atoms with van der Waals surface area (Å²) in [6, 6.07) is 0. The molecule has 2 atom stereocenters. The molecule has 1 fully saturated rings. The van der Waals surface area contributed by atoms with E-state index in [4.69, 9.17) is 10.5 Å². The number of guanidine groups is 1. The normalized spacial score (nSPS) is 19.8. The van der Waals surface area contributed by atoms with E-state index in [9.17, 15) is 4.79 Å². The van der Waals surface area contributed by atoms with Crippen LogP contribution in [0.4, 0.5) is 0 Å². The third kappa shape index (κ3) is 8.50. The Morgan fingerprint density at radius 2 is 2.17 bits per heavy atom. The van der Waals surface area contributed by atoms with Crippen LogP contribution in [0.1, 0.15) is 46.5 Å². The fourth-order valence-corrected chi connectivity index (χ4v) is 3.19. The maximum Gasteiger partial charge on any atom is 0.217 e. The summed E-state index contributed by atoms with van der Waals surface area (Å²) in [5.41, 5.74) is 5.33. The second kappa shape index (κ2) is 12.7. The quantitative estimate of drug-likeness (QED) is 0.335. The van der Waals surface area contributed by atoms with Gasteiger partial charge >= 0.3 is 0 Å². The second-order valence-corrected chi connectivity index (χ2v) is 6.63. The van der Waals surface area contributed by atoms with Crippen LogP contribution in [0.15, 0.2) is 4.99 Å². The van der Waals surface area contributed by atoms with Gasteiger partial charge < -0.3 is 20.7 Å². The first-order valence-corrected chi connectivity index (χ1v) is 8.83. The van der Waals surface area contributed by atoms with Crippen molar-refractivity contribution in [3.63, 3.8) is 0 Å². The fourth-order valence-electron chi connectivity index (χ4n) is 3.19. The molecular weight excluding hydrogens is 419 g/mol. The van der Waals surface area contributed by atoms with Crippen LogP contribution in [-0.2, 0) is 9.53 Å². The van der Waals surface area contributed by atoms with Crippen molar-refractivity contribution in [2.45, 2.75) is 52.6 Å². The minimum absolute atomic E-state index is 0. The number of aliphatic imine (C=N–C) groups is 1. The van der Waals surface area contributed by atoms with Crippen LogP contribution in [0.25, 0.3) is 0 Å².